The summed E-state index contributed by atoms with van der Waals surface area (Å²) in [4.78, 5) is 4.75. The van der Waals surface area contributed by atoms with Gasteiger partial charge in [-0.25, -0.2) is 4.98 Å². The average molecular weight is 279 g/mol. The van der Waals surface area contributed by atoms with Crippen LogP contribution in [-0.4, -0.2) is 15.6 Å². The molecule has 2 aromatic carbocycles. The molecule has 0 spiro atoms. The maximum Gasteiger partial charge on any atom is 0.111 e. The molecule has 0 amide bonds. The highest BCUT2D eigenvalue weighted by atomic mass is 15.1. The molecule has 2 N–H and O–H groups in total. The molecule has 0 radical (unpaired) electrons. The van der Waals surface area contributed by atoms with Crippen LogP contribution in [0.4, 0.5) is 0 Å². The number of hydrogen-bond acceptors (Lipinski definition) is 2. The first-order chi connectivity index (χ1) is 10.3. The van der Waals surface area contributed by atoms with Gasteiger partial charge in [-0.3, -0.25) is 0 Å². The van der Waals surface area contributed by atoms with E-state index in [2.05, 4.69) is 54.0 Å². The smallest absolute Gasteiger partial charge is 0.111 e. The molecule has 1 aromatic heterocycles. The molecule has 1 heterocycles. The number of benzene rings is 2. The van der Waals surface area contributed by atoms with E-state index in [9.17, 15) is 0 Å². The van der Waals surface area contributed by atoms with Crippen LogP contribution < -0.4 is 5.73 Å². The van der Waals surface area contributed by atoms with Gasteiger partial charge in [0.1, 0.15) is 5.82 Å². The van der Waals surface area contributed by atoms with Gasteiger partial charge in [-0.15, -0.1) is 0 Å². The molecular weight excluding hydrogens is 258 g/mol. The second kappa shape index (κ2) is 6.10. The Bertz CT molecular complexity index is 716. The van der Waals surface area contributed by atoms with E-state index in [-0.39, 0.29) is 6.04 Å². The number of fused-ring (bicyclic) bond motifs is 1. The molecule has 3 aromatic rings. The fourth-order valence-electron chi connectivity index (χ4n) is 2.86. The molecule has 0 saturated carbocycles. The van der Waals surface area contributed by atoms with Crippen LogP contribution in [0.5, 0.6) is 0 Å². The molecule has 0 aliphatic rings. The molecule has 3 nitrogen and oxygen atoms in total. The Morgan fingerprint density at radius 3 is 2.48 bits per heavy atom. The van der Waals surface area contributed by atoms with Gasteiger partial charge in [-0.05, 0) is 31.0 Å². The molecule has 0 aliphatic carbocycles. The van der Waals surface area contributed by atoms with Crippen molar-refractivity contribution in [2.24, 2.45) is 5.73 Å². The predicted octanol–water partition coefficient (Wildman–Crippen LogP) is 3.17. The molecule has 21 heavy (non-hydrogen) atoms. The average Bonchev–Trinajstić information content (AvgIpc) is 2.85. The SMILES string of the molecule is CCn1c(CC(N)Cc2ccccc2)nc2ccccc21. The fourth-order valence-corrected chi connectivity index (χ4v) is 2.86. The third-order valence-electron chi connectivity index (χ3n) is 3.84. The summed E-state index contributed by atoms with van der Waals surface area (Å²) in [6, 6.07) is 18.8. The summed E-state index contributed by atoms with van der Waals surface area (Å²) in [5.41, 5.74) is 9.86. The number of hydrogen-bond donors (Lipinski definition) is 1. The van der Waals surface area contributed by atoms with Gasteiger partial charge in [0, 0.05) is 19.0 Å². The third kappa shape index (κ3) is 2.98. The first-order valence-corrected chi connectivity index (χ1v) is 7.51. The molecule has 3 heteroatoms. The monoisotopic (exact) mass is 279 g/mol. The summed E-state index contributed by atoms with van der Waals surface area (Å²) >= 11 is 0. The second-order valence-electron chi connectivity index (χ2n) is 5.41. The van der Waals surface area contributed by atoms with Crippen molar-refractivity contribution < 1.29 is 0 Å². The number of imidazole rings is 1. The molecule has 1 atom stereocenters. The molecule has 1 unspecified atom stereocenters. The van der Waals surface area contributed by atoms with E-state index in [1.54, 1.807) is 0 Å². The van der Waals surface area contributed by atoms with E-state index in [0.717, 1.165) is 30.7 Å². The molecule has 0 bridgehead atoms. The third-order valence-corrected chi connectivity index (χ3v) is 3.84. The van der Waals surface area contributed by atoms with E-state index >= 15 is 0 Å². The topological polar surface area (TPSA) is 43.8 Å². The Hall–Kier alpha value is -2.13. The van der Waals surface area contributed by atoms with Gasteiger partial charge >= 0.3 is 0 Å². The summed E-state index contributed by atoms with van der Waals surface area (Å²) in [6.45, 7) is 3.08. The number of nitrogens with two attached hydrogens (primary N) is 1. The molecule has 108 valence electrons. The highest BCUT2D eigenvalue weighted by Crippen LogP contribution is 2.17. The zero-order chi connectivity index (χ0) is 14.7. The second-order valence-corrected chi connectivity index (χ2v) is 5.41. The van der Waals surface area contributed by atoms with Crippen LogP contribution in [0.3, 0.4) is 0 Å². The van der Waals surface area contributed by atoms with Gasteiger partial charge in [0.05, 0.1) is 11.0 Å². The van der Waals surface area contributed by atoms with E-state index in [0.29, 0.717) is 0 Å². The number of para-hydroxylation sites is 2. The Balaban J connectivity index is 1.81. The van der Waals surface area contributed by atoms with Crippen molar-refractivity contribution in [1.82, 2.24) is 9.55 Å². The summed E-state index contributed by atoms with van der Waals surface area (Å²) in [5, 5.41) is 0. The van der Waals surface area contributed by atoms with Crippen molar-refractivity contribution in [1.29, 1.82) is 0 Å². The number of nitrogens with zero attached hydrogens (tertiary/aromatic N) is 2. The van der Waals surface area contributed by atoms with Crippen LogP contribution in [0.15, 0.2) is 54.6 Å². The lowest BCUT2D eigenvalue weighted by Gasteiger charge is -2.12. The first-order valence-electron chi connectivity index (χ1n) is 7.51. The fraction of sp³-hybridized carbons (Fsp3) is 0.278. The molecular formula is C18H21N3. The van der Waals surface area contributed by atoms with E-state index in [1.165, 1.54) is 11.1 Å². The lowest BCUT2D eigenvalue weighted by Crippen LogP contribution is -2.27. The van der Waals surface area contributed by atoms with E-state index in [4.69, 9.17) is 10.7 Å². The van der Waals surface area contributed by atoms with Gasteiger partial charge in [-0.2, -0.15) is 0 Å². The summed E-state index contributed by atoms with van der Waals surface area (Å²) in [5.74, 6) is 1.09. The van der Waals surface area contributed by atoms with Crippen molar-refractivity contribution in [3.05, 3.63) is 66.0 Å². The zero-order valence-corrected chi connectivity index (χ0v) is 12.4. The van der Waals surface area contributed by atoms with Crippen LogP contribution in [-0.2, 0) is 19.4 Å². The van der Waals surface area contributed by atoms with Crippen molar-refractivity contribution >= 4 is 11.0 Å². The minimum atomic E-state index is 0.0921. The number of aromatic nitrogens is 2. The molecule has 3 rings (SSSR count). The van der Waals surface area contributed by atoms with Crippen LogP contribution in [0.1, 0.15) is 18.3 Å². The highest BCUT2D eigenvalue weighted by Gasteiger charge is 2.13. The molecule has 0 saturated heterocycles. The lowest BCUT2D eigenvalue weighted by atomic mass is 10.0. The van der Waals surface area contributed by atoms with Crippen molar-refractivity contribution in [3.63, 3.8) is 0 Å². The van der Waals surface area contributed by atoms with Gasteiger partial charge in [0.2, 0.25) is 0 Å². The Kier molecular flexibility index (Phi) is 4.02. The standard InChI is InChI=1S/C18H21N3/c1-2-21-17-11-7-6-10-16(17)20-18(21)13-15(19)12-14-8-4-3-5-9-14/h3-11,15H,2,12-13,19H2,1H3. The van der Waals surface area contributed by atoms with Crippen LogP contribution in [0.25, 0.3) is 11.0 Å². The van der Waals surface area contributed by atoms with Crippen molar-refractivity contribution in [2.75, 3.05) is 0 Å². The maximum absolute atomic E-state index is 6.33. The minimum absolute atomic E-state index is 0.0921. The van der Waals surface area contributed by atoms with E-state index in [1.807, 2.05) is 12.1 Å². The lowest BCUT2D eigenvalue weighted by molar-refractivity contribution is 0.608. The van der Waals surface area contributed by atoms with Crippen LogP contribution in [0, 0.1) is 0 Å². The maximum atomic E-state index is 6.33. The first kappa shape index (κ1) is 13.8. The van der Waals surface area contributed by atoms with Crippen molar-refractivity contribution in [3.8, 4) is 0 Å². The van der Waals surface area contributed by atoms with Gasteiger partial charge in [-0.1, -0.05) is 42.5 Å². The predicted molar refractivity (Wildman–Crippen MR) is 87.2 cm³/mol. The summed E-state index contributed by atoms with van der Waals surface area (Å²) in [7, 11) is 0. The van der Waals surface area contributed by atoms with Gasteiger partial charge < -0.3 is 10.3 Å². The molecule has 0 aliphatic heterocycles. The van der Waals surface area contributed by atoms with Gasteiger partial charge in [0.15, 0.2) is 0 Å². The number of rotatable bonds is 5. The van der Waals surface area contributed by atoms with E-state index < -0.39 is 0 Å². The van der Waals surface area contributed by atoms with Crippen LogP contribution >= 0.6 is 0 Å². The van der Waals surface area contributed by atoms with Gasteiger partial charge in [0.25, 0.3) is 0 Å². The summed E-state index contributed by atoms with van der Waals surface area (Å²) in [6.07, 6.45) is 1.69. The van der Waals surface area contributed by atoms with Crippen LogP contribution in [0.2, 0.25) is 0 Å². The minimum Gasteiger partial charge on any atom is -0.328 e. The van der Waals surface area contributed by atoms with Crippen molar-refractivity contribution in [2.45, 2.75) is 32.4 Å². The Labute approximate surface area is 125 Å². The Morgan fingerprint density at radius 2 is 1.71 bits per heavy atom. The largest absolute Gasteiger partial charge is 0.328 e. The Morgan fingerprint density at radius 1 is 1.00 bits per heavy atom. The quantitative estimate of drug-likeness (QED) is 0.779. The zero-order valence-electron chi connectivity index (χ0n) is 12.4. The highest BCUT2D eigenvalue weighted by molar-refractivity contribution is 5.75. The summed E-state index contributed by atoms with van der Waals surface area (Å²) < 4.78 is 2.26. The molecule has 0 fully saturated rings. The normalized spacial score (nSPS) is 12.7. The number of aryl methyl sites for hydroxylation is 1.